The smallest absolute Gasteiger partial charge is 0.291 e. The Balaban J connectivity index is 1.49. The maximum absolute atomic E-state index is 13.8. The fourth-order valence-corrected chi connectivity index (χ4v) is 3.35. The summed E-state index contributed by atoms with van der Waals surface area (Å²) in [6.07, 6.45) is 0. The van der Waals surface area contributed by atoms with E-state index in [-0.39, 0.29) is 34.7 Å². The zero-order chi connectivity index (χ0) is 27.6. The molecular formula is C25H15ClF4N2O6. The summed E-state index contributed by atoms with van der Waals surface area (Å²) in [5.41, 5.74) is 0.343. The molecule has 1 aromatic heterocycles. The summed E-state index contributed by atoms with van der Waals surface area (Å²) >= 11 is 6.00. The van der Waals surface area contributed by atoms with Gasteiger partial charge in [0.15, 0.2) is 23.1 Å². The Bertz CT molecular complexity index is 1530. The lowest BCUT2D eigenvalue weighted by Gasteiger charge is -2.10. The van der Waals surface area contributed by atoms with Gasteiger partial charge in [-0.1, -0.05) is 11.6 Å². The van der Waals surface area contributed by atoms with Crippen molar-refractivity contribution in [3.63, 3.8) is 0 Å². The van der Waals surface area contributed by atoms with Crippen molar-refractivity contribution in [2.45, 2.75) is 13.5 Å². The molecule has 0 radical (unpaired) electrons. The molecule has 0 atom stereocenters. The largest absolute Gasteiger partial charge is 0.479 e. The van der Waals surface area contributed by atoms with Crippen molar-refractivity contribution in [1.29, 1.82) is 0 Å². The van der Waals surface area contributed by atoms with Crippen LogP contribution >= 0.6 is 11.6 Å². The van der Waals surface area contributed by atoms with Gasteiger partial charge in [0.1, 0.15) is 23.9 Å². The van der Waals surface area contributed by atoms with Crippen LogP contribution in [0.5, 0.6) is 17.2 Å². The summed E-state index contributed by atoms with van der Waals surface area (Å²) in [5.74, 6) is -8.88. The molecule has 8 nitrogen and oxygen atoms in total. The van der Waals surface area contributed by atoms with Crippen molar-refractivity contribution in [3.8, 4) is 17.2 Å². The van der Waals surface area contributed by atoms with Crippen molar-refractivity contribution in [2.75, 3.05) is 5.32 Å². The van der Waals surface area contributed by atoms with E-state index in [4.69, 9.17) is 25.5 Å². The van der Waals surface area contributed by atoms with Crippen LogP contribution in [-0.4, -0.2) is 10.8 Å². The summed E-state index contributed by atoms with van der Waals surface area (Å²) in [5, 5.41) is 14.3. The van der Waals surface area contributed by atoms with E-state index in [1.165, 1.54) is 18.2 Å². The number of carbonyl (C=O) groups excluding carboxylic acids is 1. The molecule has 0 unspecified atom stereocenters. The molecule has 196 valence electrons. The molecule has 0 bridgehead atoms. The zero-order valence-corrected chi connectivity index (χ0v) is 19.9. The third-order valence-corrected chi connectivity index (χ3v) is 5.46. The fraction of sp³-hybridized carbons (Fsp3) is 0.0800. The molecule has 0 aliphatic rings. The normalized spacial score (nSPS) is 10.8. The highest BCUT2D eigenvalue weighted by Gasteiger charge is 2.22. The van der Waals surface area contributed by atoms with Gasteiger partial charge in [-0.2, -0.15) is 8.78 Å². The van der Waals surface area contributed by atoms with Crippen molar-refractivity contribution >= 4 is 28.9 Å². The third kappa shape index (κ3) is 5.86. The Morgan fingerprint density at radius 3 is 2.37 bits per heavy atom. The third-order valence-electron chi connectivity index (χ3n) is 5.04. The van der Waals surface area contributed by atoms with Crippen LogP contribution in [-0.2, 0) is 6.61 Å². The Labute approximate surface area is 216 Å². The lowest BCUT2D eigenvalue weighted by atomic mass is 10.2. The summed E-state index contributed by atoms with van der Waals surface area (Å²) in [6, 6.07) is 10.8. The number of ether oxygens (including phenoxy) is 2. The average molecular weight is 551 g/mol. The van der Waals surface area contributed by atoms with Gasteiger partial charge < -0.3 is 19.2 Å². The number of hydrogen-bond acceptors (Lipinski definition) is 6. The molecule has 0 spiro atoms. The number of carbonyl (C=O) groups is 1. The number of furan rings is 1. The Morgan fingerprint density at radius 2 is 1.71 bits per heavy atom. The molecule has 1 heterocycles. The maximum Gasteiger partial charge on any atom is 0.291 e. The Morgan fingerprint density at radius 1 is 1.00 bits per heavy atom. The number of aryl methyl sites for hydroxylation is 1. The number of rotatable bonds is 8. The molecule has 4 rings (SSSR count). The summed E-state index contributed by atoms with van der Waals surface area (Å²) in [4.78, 5) is 23.3. The van der Waals surface area contributed by atoms with Crippen LogP contribution in [0.4, 0.5) is 28.9 Å². The molecule has 0 saturated carbocycles. The van der Waals surface area contributed by atoms with E-state index >= 15 is 0 Å². The Kier molecular flexibility index (Phi) is 7.53. The first-order valence-corrected chi connectivity index (χ1v) is 11.0. The van der Waals surface area contributed by atoms with Crippen molar-refractivity contribution in [2.24, 2.45) is 0 Å². The van der Waals surface area contributed by atoms with Crippen LogP contribution in [0.3, 0.4) is 0 Å². The number of amides is 1. The van der Waals surface area contributed by atoms with E-state index in [1.807, 2.05) is 0 Å². The van der Waals surface area contributed by atoms with E-state index in [1.54, 1.807) is 25.1 Å². The number of non-ortho nitro benzene ring substituents is 1. The number of halogens is 5. The molecule has 0 fully saturated rings. The minimum absolute atomic E-state index is 0.00142. The van der Waals surface area contributed by atoms with E-state index < -0.39 is 46.5 Å². The van der Waals surface area contributed by atoms with Gasteiger partial charge in [0.05, 0.1) is 16.7 Å². The van der Waals surface area contributed by atoms with Crippen LogP contribution in [0.2, 0.25) is 5.02 Å². The zero-order valence-electron chi connectivity index (χ0n) is 19.2. The predicted octanol–water partition coefficient (Wildman–Crippen LogP) is 7.33. The van der Waals surface area contributed by atoms with Gasteiger partial charge in [-0.3, -0.25) is 14.9 Å². The second-order valence-electron chi connectivity index (χ2n) is 7.79. The highest BCUT2D eigenvalue weighted by molar-refractivity contribution is 6.31. The molecule has 0 saturated heterocycles. The number of hydrogen-bond donors (Lipinski definition) is 1. The molecule has 3 aromatic carbocycles. The summed E-state index contributed by atoms with van der Waals surface area (Å²) in [6.45, 7) is 1.08. The van der Waals surface area contributed by atoms with Crippen LogP contribution in [0.1, 0.15) is 21.9 Å². The number of anilines is 1. The first-order chi connectivity index (χ1) is 18.0. The lowest BCUT2D eigenvalue weighted by Crippen LogP contribution is -2.11. The van der Waals surface area contributed by atoms with Crippen LogP contribution < -0.4 is 14.8 Å². The molecule has 1 N–H and O–H groups in total. The fourth-order valence-electron chi connectivity index (χ4n) is 3.23. The molecule has 38 heavy (non-hydrogen) atoms. The standard InChI is InChI=1S/C25H15ClF4N2O6/c1-12-6-15(2-4-18(12)26)37-17-8-13(7-14(9-17)32(34)35)31-25(33)21-5-3-16(38-21)11-36-24-22(29)19(27)10-20(28)23(24)30/h2-10H,11H2,1H3,(H,31,33). The predicted molar refractivity (Wildman–Crippen MR) is 127 cm³/mol. The van der Waals surface area contributed by atoms with Gasteiger partial charge >= 0.3 is 0 Å². The second kappa shape index (κ2) is 10.8. The van der Waals surface area contributed by atoms with Gasteiger partial charge in [-0.05, 0) is 42.8 Å². The topological polar surface area (TPSA) is 104 Å². The number of nitro groups is 1. The molecular weight excluding hydrogens is 536 g/mol. The van der Waals surface area contributed by atoms with Gasteiger partial charge in [0.25, 0.3) is 11.6 Å². The minimum Gasteiger partial charge on any atom is -0.479 e. The lowest BCUT2D eigenvalue weighted by molar-refractivity contribution is -0.384. The molecule has 13 heteroatoms. The first-order valence-electron chi connectivity index (χ1n) is 10.6. The summed E-state index contributed by atoms with van der Waals surface area (Å²) in [7, 11) is 0. The van der Waals surface area contributed by atoms with Crippen LogP contribution in [0.25, 0.3) is 0 Å². The first kappa shape index (κ1) is 26.5. The SMILES string of the molecule is Cc1cc(Oc2cc(NC(=O)c3ccc(COc4c(F)c(F)cc(F)c4F)o3)cc([N+](=O)[O-])c2)ccc1Cl. The monoisotopic (exact) mass is 550 g/mol. The van der Waals surface area contributed by atoms with Crippen LogP contribution in [0, 0.1) is 40.3 Å². The highest BCUT2D eigenvalue weighted by Crippen LogP contribution is 2.32. The number of nitro benzene ring substituents is 1. The van der Waals surface area contributed by atoms with Gasteiger partial charge in [0, 0.05) is 23.2 Å². The molecule has 4 aromatic rings. The van der Waals surface area contributed by atoms with Crippen molar-refractivity contribution < 1.29 is 41.2 Å². The minimum atomic E-state index is -1.73. The van der Waals surface area contributed by atoms with Gasteiger partial charge in [0.2, 0.25) is 11.6 Å². The molecule has 0 aliphatic heterocycles. The summed E-state index contributed by atoms with van der Waals surface area (Å²) < 4.78 is 69.9. The number of nitrogens with one attached hydrogen (secondary N) is 1. The number of nitrogens with zero attached hydrogens (tertiary/aromatic N) is 1. The average Bonchev–Trinajstić information content (AvgIpc) is 3.34. The molecule has 0 aliphatic carbocycles. The van der Waals surface area contributed by atoms with E-state index in [0.29, 0.717) is 16.3 Å². The highest BCUT2D eigenvalue weighted by atomic mass is 35.5. The maximum atomic E-state index is 13.8. The quantitative estimate of drug-likeness (QED) is 0.107. The van der Waals surface area contributed by atoms with Crippen molar-refractivity contribution in [1.82, 2.24) is 0 Å². The Hall–Kier alpha value is -4.58. The van der Waals surface area contributed by atoms with E-state index in [9.17, 15) is 32.5 Å². The second-order valence-corrected chi connectivity index (χ2v) is 8.20. The van der Waals surface area contributed by atoms with Crippen LogP contribution in [0.15, 0.2) is 59.0 Å². The van der Waals surface area contributed by atoms with Crippen molar-refractivity contribution in [3.05, 3.63) is 110 Å². The van der Waals surface area contributed by atoms with E-state index in [0.717, 1.165) is 12.1 Å². The van der Waals surface area contributed by atoms with Gasteiger partial charge in [-0.25, -0.2) is 8.78 Å². The van der Waals surface area contributed by atoms with E-state index in [2.05, 4.69) is 5.32 Å². The molecule has 1 amide bonds. The number of benzene rings is 3. The van der Waals surface area contributed by atoms with Gasteiger partial charge in [-0.15, -0.1) is 0 Å².